The van der Waals surface area contributed by atoms with Gasteiger partial charge in [0, 0.05) is 22.7 Å². The summed E-state index contributed by atoms with van der Waals surface area (Å²) in [5.74, 6) is -0.0538. The van der Waals surface area contributed by atoms with Gasteiger partial charge in [0.1, 0.15) is 5.75 Å². The Morgan fingerprint density at radius 1 is 0.935 bits per heavy atom. The van der Waals surface area contributed by atoms with Crippen LogP contribution in [0.5, 0.6) is 5.75 Å². The summed E-state index contributed by atoms with van der Waals surface area (Å²) in [6.45, 7) is 2.62. The zero-order valence-electron chi connectivity index (χ0n) is 17.1. The molecule has 0 unspecified atom stereocenters. The van der Waals surface area contributed by atoms with Crippen LogP contribution in [0.15, 0.2) is 48.5 Å². The van der Waals surface area contributed by atoms with Gasteiger partial charge in [0.05, 0.1) is 6.61 Å². The fraction of sp³-hybridized carbons (Fsp3) is 0.273. The molecule has 31 heavy (non-hydrogen) atoms. The summed E-state index contributed by atoms with van der Waals surface area (Å²) in [6.07, 6.45) is 2.75. The highest BCUT2D eigenvalue weighted by Crippen LogP contribution is 2.30. The van der Waals surface area contributed by atoms with Crippen LogP contribution in [0.4, 0.5) is 5.69 Å². The average molecular weight is 441 g/mol. The number of amides is 3. The summed E-state index contributed by atoms with van der Waals surface area (Å²) in [5.41, 5.74) is 6.33. The second-order valence-corrected chi connectivity index (χ2v) is 7.48. The van der Waals surface area contributed by atoms with E-state index in [4.69, 9.17) is 17.0 Å². The molecule has 0 atom stereocenters. The van der Waals surface area contributed by atoms with Crippen LogP contribution in [0.3, 0.4) is 0 Å². The summed E-state index contributed by atoms with van der Waals surface area (Å²) in [6, 6.07) is 13.2. The third-order valence-corrected chi connectivity index (χ3v) is 4.67. The van der Waals surface area contributed by atoms with Gasteiger partial charge in [0.15, 0.2) is 5.11 Å². The zero-order chi connectivity index (χ0) is 22.2. The average Bonchev–Trinajstić information content (AvgIpc) is 3.62. The minimum absolute atomic E-state index is 0.00286. The van der Waals surface area contributed by atoms with Crippen molar-refractivity contribution >= 4 is 40.7 Å². The normalized spacial score (nSPS) is 12.4. The first-order valence-electron chi connectivity index (χ1n) is 10.0. The van der Waals surface area contributed by atoms with Crippen molar-refractivity contribution in [2.45, 2.75) is 26.2 Å². The van der Waals surface area contributed by atoms with Crippen molar-refractivity contribution in [1.29, 1.82) is 0 Å². The SMILES string of the molecule is CCCOc1ccc(C(=O)NC(=S)NNC(=O)c2ccc(NC(=O)C3CC3)cc2)cc1. The molecule has 9 heteroatoms. The third kappa shape index (κ3) is 6.78. The Kier molecular flexibility index (Phi) is 7.55. The molecule has 0 aromatic heterocycles. The fourth-order valence-corrected chi connectivity index (χ4v) is 2.75. The molecular formula is C22H24N4O4S. The van der Waals surface area contributed by atoms with Gasteiger partial charge in [0.2, 0.25) is 5.91 Å². The molecule has 0 heterocycles. The van der Waals surface area contributed by atoms with Crippen LogP contribution >= 0.6 is 12.2 Å². The summed E-state index contributed by atoms with van der Waals surface area (Å²) >= 11 is 5.05. The molecule has 0 radical (unpaired) electrons. The van der Waals surface area contributed by atoms with Crippen LogP contribution in [0.25, 0.3) is 0 Å². The number of carbonyl (C=O) groups excluding carboxylic acids is 3. The van der Waals surface area contributed by atoms with Crippen LogP contribution in [-0.4, -0.2) is 29.4 Å². The molecule has 4 N–H and O–H groups in total. The molecule has 1 fully saturated rings. The molecule has 3 rings (SSSR count). The summed E-state index contributed by atoms with van der Waals surface area (Å²) in [5, 5.41) is 5.26. The van der Waals surface area contributed by atoms with Gasteiger partial charge >= 0.3 is 0 Å². The van der Waals surface area contributed by atoms with E-state index in [0.717, 1.165) is 19.3 Å². The smallest absolute Gasteiger partial charge is 0.269 e. The maximum atomic E-state index is 12.2. The fourth-order valence-electron chi connectivity index (χ4n) is 2.61. The molecule has 2 aromatic carbocycles. The van der Waals surface area contributed by atoms with Gasteiger partial charge in [-0.1, -0.05) is 6.92 Å². The molecule has 0 bridgehead atoms. The predicted octanol–water partition coefficient (Wildman–Crippen LogP) is 2.77. The van der Waals surface area contributed by atoms with Crippen molar-refractivity contribution < 1.29 is 19.1 Å². The number of nitrogens with one attached hydrogen (secondary N) is 4. The second-order valence-electron chi connectivity index (χ2n) is 7.08. The lowest BCUT2D eigenvalue weighted by Gasteiger charge is -2.11. The molecule has 2 aromatic rings. The lowest BCUT2D eigenvalue weighted by atomic mass is 10.2. The Labute approximate surface area is 185 Å². The van der Waals surface area contributed by atoms with E-state index < -0.39 is 11.8 Å². The number of ether oxygens (including phenoxy) is 1. The van der Waals surface area contributed by atoms with Crippen molar-refractivity contribution in [2.24, 2.45) is 5.92 Å². The number of anilines is 1. The van der Waals surface area contributed by atoms with Gasteiger partial charge in [0.25, 0.3) is 11.8 Å². The first-order chi connectivity index (χ1) is 15.0. The molecule has 1 aliphatic carbocycles. The number of benzene rings is 2. The molecule has 162 valence electrons. The van der Waals surface area contributed by atoms with Gasteiger partial charge in [-0.25, -0.2) is 0 Å². The van der Waals surface area contributed by atoms with Crippen LogP contribution in [-0.2, 0) is 4.79 Å². The topological polar surface area (TPSA) is 109 Å². The Balaban J connectivity index is 1.43. The van der Waals surface area contributed by atoms with Gasteiger partial charge in [-0.15, -0.1) is 0 Å². The summed E-state index contributed by atoms with van der Waals surface area (Å²) in [7, 11) is 0. The molecule has 1 saturated carbocycles. The van der Waals surface area contributed by atoms with Crippen LogP contribution in [0, 0.1) is 5.92 Å². The largest absolute Gasteiger partial charge is 0.494 e. The van der Waals surface area contributed by atoms with Crippen LogP contribution < -0.4 is 26.2 Å². The van der Waals surface area contributed by atoms with E-state index in [1.54, 1.807) is 48.5 Å². The molecule has 3 amide bonds. The molecule has 0 saturated heterocycles. The Bertz CT molecular complexity index is 956. The number of hydrogen-bond acceptors (Lipinski definition) is 5. The number of carbonyl (C=O) groups is 3. The maximum Gasteiger partial charge on any atom is 0.269 e. The molecule has 8 nitrogen and oxygen atoms in total. The highest BCUT2D eigenvalue weighted by atomic mass is 32.1. The van der Waals surface area contributed by atoms with Crippen LogP contribution in [0.1, 0.15) is 46.9 Å². The highest BCUT2D eigenvalue weighted by molar-refractivity contribution is 7.80. The quantitative estimate of drug-likeness (QED) is 0.390. The highest BCUT2D eigenvalue weighted by Gasteiger charge is 2.29. The third-order valence-electron chi connectivity index (χ3n) is 4.47. The van der Waals surface area contributed by atoms with E-state index in [9.17, 15) is 14.4 Å². The van der Waals surface area contributed by atoms with Crippen LogP contribution in [0.2, 0.25) is 0 Å². The lowest BCUT2D eigenvalue weighted by Crippen LogP contribution is -2.48. The number of hydrogen-bond donors (Lipinski definition) is 4. The standard InChI is InChI=1S/C22H24N4O4S/c1-2-13-30-18-11-7-15(8-12-18)20(28)24-22(31)26-25-21(29)16-5-9-17(10-6-16)23-19(27)14-3-4-14/h5-12,14H,2-4,13H2,1H3,(H,23,27)(H,25,29)(H2,24,26,28,31). The summed E-state index contributed by atoms with van der Waals surface area (Å²) < 4.78 is 5.48. The van der Waals surface area contributed by atoms with E-state index >= 15 is 0 Å². The first kappa shape index (κ1) is 22.2. The maximum absolute atomic E-state index is 12.2. The summed E-state index contributed by atoms with van der Waals surface area (Å²) in [4.78, 5) is 36.2. The number of thiocarbonyl (C=S) groups is 1. The Hall–Kier alpha value is -3.46. The van der Waals surface area contributed by atoms with Gasteiger partial charge in [-0.05, 0) is 80.0 Å². The van der Waals surface area contributed by atoms with E-state index in [-0.39, 0.29) is 16.9 Å². The van der Waals surface area contributed by atoms with E-state index in [0.29, 0.717) is 29.2 Å². The monoisotopic (exact) mass is 440 g/mol. The molecule has 1 aliphatic rings. The zero-order valence-corrected chi connectivity index (χ0v) is 17.9. The molecular weight excluding hydrogens is 416 g/mol. The van der Waals surface area contributed by atoms with Gasteiger partial charge < -0.3 is 10.1 Å². The van der Waals surface area contributed by atoms with Crippen molar-refractivity contribution in [3.63, 3.8) is 0 Å². The minimum Gasteiger partial charge on any atom is -0.494 e. The van der Waals surface area contributed by atoms with Crippen molar-refractivity contribution in [1.82, 2.24) is 16.2 Å². The minimum atomic E-state index is -0.436. The van der Waals surface area contributed by atoms with Crippen molar-refractivity contribution in [3.8, 4) is 5.75 Å². The van der Waals surface area contributed by atoms with Crippen molar-refractivity contribution in [3.05, 3.63) is 59.7 Å². The number of rotatable bonds is 7. The van der Waals surface area contributed by atoms with Gasteiger partial charge in [-0.2, -0.15) is 0 Å². The first-order valence-corrected chi connectivity index (χ1v) is 10.4. The van der Waals surface area contributed by atoms with E-state index in [2.05, 4.69) is 21.5 Å². The predicted molar refractivity (Wildman–Crippen MR) is 121 cm³/mol. The van der Waals surface area contributed by atoms with Gasteiger partial charge in [-0.3, -0.25) is 30.6 Å². The van der Waals surface area contributed by atoms with E-state index in [1.165, 1.54) is 0 Å². The Morgan fingerprint density at radius 2 is 1.55 bits per heavy atom. The van der Waals surface area contributed by atoms with Crippen molar-refractivity contribution in [2.75, 3.05) is 11.9 Å². The molecule has 0 aliphatic heterocycles. The number of hydrazine groups is 1. The second kappa shape index (κ2) is 10.5. The Morgan fingerprint density at radius 3 is 2.16 bits per heavy atom. The lowest BCUT2D eigenvalue weighted by molar-refractivity contribution is -0.117. The molecule has 0 spiro atoms. The van der Waals surface area contributed by atoms with E-state index in [1.807, 2.05) is 6.92 Å².